The van der Waals surface area contributed by atoms with Crippen LogP contribution in [0.15, 0.2) is 30.3 Å². The van der Waals surface area contributed by atoms with Gasteiger partial charge in [-0.05, 0) is 5.56 Å². The van der Waals surface area contributed by atoms with E-state index in [1.165, 1.54) is 4.90 Å². The molecule has 1 aliphatic rings. The summed E-state index contributed by atoms with van der Waals surface area (Å²) < 4.78 is 0. The molecular formula is C14H13NO2. The Morgan fingerprint density at radius 1 is 1.18 bits per heavy atom. The van der Waals surface area contributed by atoms with E-state index in [0.29, 0.717) is 19.3 Å². The van der Waals surface area contributed by atoms with E-state index < -0.39 is 0 Å². The molecule has 3 heteroatoms. The summed E-state index contributed by atoms with van der Waals surface area (Å²) in [5.41, 5.74) is 0.911. The summed E-state index contributed by atoms with van der Waals surface area (Å²) in [7, 11) is 0. The Morgan fingerprint density at radius 3 is 2.29 bits per heavy atom. The summed E-state index contributed by atoms with van der Waals surface area (Å²) in [5.74, 6) is 2.29. The summed E-state index contributed by atoms with van der Waals surface area (Å²) in [6, 6.07) is 9.11. The van der Waals surface area contributed by atoms with Gasteiger partial charge in [-0.15, -0.1) is 12.3 Å². The second-order valence-electron chi connectivity index (χ2n) is 3.99. The molecule has 0 saturated carbocycles. The number of hydrogen-bond acceptors (Lipinski definition) is 2. The fourth-order valence-corrected chi connectivity index (χ4v) is 2.09. The molecule has 1 heterocycles. The lowest BCUT2D eigenvalue weighted by Crippen LogP contribution is -2.33. The van der Waals surface area contributed by atoms with E-state index in [4.69, 9.17) is 6.42 Å². The number of imide groups is 1. The average molecular weight is 227 g/mol. The van der Waals surface area contributed by atoms with E-state index in [2.05, 4.69) is 5.92 Å². The monoisotopic (exact) mass is 227 g/mol. The third-order valence-electron chi connectivity index (χ3n) is 2.90. The molecule has 1 fully saturated rings. The van der Waals surface area contributed by atoms with Crippen LogP contribution in [0.4, 0.5) is 0 Å². The molecule has 0 bridgehead atoms. The molecule has 1 aliphatic heterocycles. The van der Waals surface area contributed by atoms with Crippen molar-refractivity contribution in [3.05, 3.63) is 35.9 Å². The van der Waals surface area contributed by atoms with Gasteiger partial charge in [0.1, 0.15) is 0 Å². The molecule has 0 aliphatic carbocycles. The zero-order chi connectivity index (χ0) is 12.3. The van der Waals surface area contributed by atoms with E-state index in [-0.39, 0.29) is 17.9 Å². The minimum absolute atomic E-state index is 0.126. The maximum Gasteiger partial charge on any atom is 0.230 e. The quantitative estimate of drug-likeness (QED) is 0.584. The lowest BCUT2D eigenvalue weighted by Gasteiger charge is -2.24. The number of terminal acetylenes is 1. The average Bonchev–Trinajstić information content (AvgIpc) is 2.68. The summed E-state index contributed by atoms with van der Waals surface area (Å²) in [5, 5.41) is 0. The van der Waals surface area contributed by atoms with Crippen molar-refractivity contribution in [3.63, 3.8) is 0 Å². The molecule has 1 aromatic rings. The first kappa shape index (κ1) is 11.4. The standard InChI is InChI=1S/C14H13NO2/c1-2-6-12(11-7-4-3-5-8-11)15-13(16)9-10-14(15)17/h1,3-5,7-8,12H,6,9-10H2. The highest BCUT2D eigenvalue weighted by atomic mass is 16.2. The number of benzene rings is 1. The van der Waals surface area contributed by atoms with Crippen LogP contribution in [0.5, 0.6) is 0 Å². The zero-order valence-corrected chi connectivity index (χ0v) is 9.43. The van der Waals surface area contributed by atoms with Gasteiger partial charge in [0.15, 0.2) is 0 Å². The molecule has 0 spiro atoms. The fraction of sp³-hybridized carbons (Fsp3) is 0.286. The summed E-state index contributed by atoms with van der Waals surface area (Å²) in [6.07, 6.45) is 6.29. The number of carbonyl (C=O) groups excluding carboxylic acids is 2. The van der Waals surface area contributed by atoms with Crippen LogP contribution >= 0.6 is 0 Å². The van der Waals surface area contributed by atoms with Crippen molar-refractivity contribution in [2.75, 3.05) is 0 Å². The van der Waals surface area contributed by atoms with Crippen molar-refractivity contribution in [1.29, 1.82) is 0 Å². The number of nitrogens with zero attached hydrogens (tertiary/aromatic N) is 1. The minimum Gasteiger partial charge on any atom is -0.274 e. The molecule has 1 saturated heterocycles. The third-order valence-corrected chi connectivity index (χ3v) is 2.90. The molecule has 1 unspecified atom stereocenters. The Labute approximate surface area is 100 Å². The zero-order valence-electron chi connectivity index (χ0n) is 9.43. The predicted octanol–water partition coefficient (Wildman–Crippen LogP) is 1.90. The smallest absolute Gasteiger partial charge is 0.230 e. The summed E-state index contributed by atoms with van der Waals surface area (Å²) >= 11 is 0. The van der Waals surface area contributed by atoms with Gasteiger partial charge in [0.25, 0.3) is 0 Å². The molecule has 0 N–H and O–H groups in total. The second kappa shape index (κ2) is 4.84. The normalized spacial score (nSPS) is 17.0. The van der Waals surface area contributed by atoms with Gasteiger partial charge in [0.05, 0.1) is 6.04 Å². The lowest BCUT2D eigenvalue weighted by molar-refractivity contribution is -0.141. The fourth-order valence-electron chi connectivity index (χ4n) is 2.09. The minimum atomic E-state index is -0.316. The maximum absolute atomic E-state index is 11.7. The molecule has 2 amide bonds. The van der Waals surface area contributed by atoms with Gasteiger partial charge in [0.2, 0.25) is 11.8 Å². The molecule has 0 radical (unpaired) electrons. The van der Waals surface area contributed by atoms with Gasteiger partial charge in [0, 0.05) is 19.3 Å². The molecule has 0 aromatic heterocycles. The number of hydrogen-bond donors (Lipinski definition) is 0. The molecule has 1 aromatic carbocycles. The Bertz CT molecular complexity index is 457. The topological polar surface area (TPSA) is 37.4 Å². The third kappa shape index (κ3) is 2.21. The van der Waals surface area contributed by atoms with E-state index in [0.717, 1.165) is 5.56 Å². The summed E-state index contributed by atoms with van der Waals surface area (Å²) in [4.78, 5) is 24.7. The highest BCUT2D eigenvalue weighted by Gasteiger charge is 2.35. The highest BCUT2D eigenvalue weighted by molar-refractivity contribution is 6.02. The largest absolute Gasteiger partial charge is 0.274 e. The van der Waals surface area contributed by atoms with Crippen LogP contribution in [0.1, 0.15) is 30.9 Å². The first-order valence-corrected chi connectivity index (χ1v) is 5.57. The van der Waals surface area contributed by atoms with Crippen LogP contribution in [0, 0.1) is 12.3 Å². The number of carbonyl (C=O) groups is 2. The molecule has 86 valence electrons. The molecule has 1 atom stereocenters. The van der Waals surface area contributed by atoms with E-state index in [1.807, 2.05) is 30.3 Å². The first-order valence-electron chi connectivity index (χ1n) is 5.57. The maximum atomic E-state index is 11.7. The Hall–Kier alpha value is -2.08. The van der Waals surface area contributed by atoms with Gasteiger partial charge in [-0.1, -0.05) is 30.3 Å². The molecule has 17 heavy (non-hydrogen) atoms. The van der Waals surface area contributed by atoms with E-state index in [9.17, 15) is 9.59 Å². The van der Waals surface area contributed by atoms with Gasteiger partial charge in [-0.3, -0.25) is 14.5 Å². The second-order valence-corrected chi connectivity index (χ2v) is 3.99. The van der Waals surface area contributed by atoms with E-state index in [1.54, 1.807) is 0 Å². The molecule has 3 nitrogen and oxygen atoms in total. The van der Waals surface area contributed by atoms with Gasteiger partial charge >= 0.3 is 0 Å². The summed E-state index contributed by atoms with van der Waals surface area (Å²) in [6.45, 7) is 0. The highest BCUT2D eigenvalue weighted by Crippen LogP contribution is 2.29. The molecule has 2 rings (SSSR count). The van der Waals surface area contributed by atoms with Crippen LogP contribution in [0.25, 0.3) is 0 Å². The van der Waals surface area contributed by atoms with Crippen LogP contribution in [-0.4, -0.2) is 16.7 Å². The van der Waals surface area contributed by atoms with Crippen molar-refractivity contribution >= 4 is 11.8 Å². The van der Waals surface area contributed by atoms with Crippen LogP contribution < -0.4 is 0 Å². The number of amides is 2. The predicted molar refractivity (Wildman–Crippen MR) is 63.7 cm³/mol. The Balaban J connectivity index is 2.33. The lowest BCUT2D eigenvalue weighted by atomic mass is 10.0. The van der Waals surface area contributed by atoms with Gasteiger partial charge in [-0.25, -0.2) is 0 Å². The number of likely N-dealkylation sites (tertiary alicyclic amines) is 1. The van der Waals surface area contributed by atoms with Crippen molar-refractivity contribution in [3.8, 4) is 12.3 Å². The molecular weight excluding hydrogens is 214 g/mol. The van der Waals surface area contributed by atoms with Gasteiger partial charge in [-0.2, -0.15) is 0 Å². The Kier molecular flexibility index (Phi) is 3.24. The van der Waals surface area contributed by atoms with Crippen LogP contribution in [0.3, 0.4) is 0 Å². The van der Waals surface area contributed by atoms with Crippen LogP contribution in [-0.2, 0) is 9.59 Å². The Morgan fingerprint density at radius 2 is 1.76 bits per heavy atom. The van der Waals surface area contributed by atoms with Crippen molar-refractivity contribution in [2.24, 2.45) is 0 Å². The van der Waals surface area contributed by atoms with E-state index >= 15 is 0 Å². The van der Waals surface area contributed by atoms with Crippen molar-refractivity contribution in [2.45, 2.75) is 25.3 Å². The van der Waals surface area contributed by atoms with Crippen LogP contribution in [0.2, 0.25) is 0 Å². The van der Waals surface area contributed by atoms with Crippen molar-refractivity contribution < 1.29 is 9.59 Å². The van der Waals surface area contributed by atoms with Gasteiger partial charge < -0.3 is 0 Å². The number of rotatable bonds is 3. The van der Waals surface area contributed by atoms with Crippen molar-refractivity contribution in [1.82, 2.24) is 4.90 Å². The first-order chi connectivity index (χ1) is 8.24. The SMILES string of the molecule is C#CCC(c1ccccc1)N1C(=O)CCC1=O.